The smallest absolute Gasteiger partial charge is 0.0107 e. The molecule has 3 aliphatic carbocycles. The summed E-state index contributed by atoms with van der Waals surface area (Å²) in [6.45, 7) is 14.3. The summed E-state index contributed by atoms with van der Waals surface area (Å²) in [6.07, 6.45) is 9.62. The molecule has 3 aliphatic rings. The van der Waals surface area contributed by atoms with Gasteiger partial charge in [0.15, 0.2) is 0 Å². The third-order valence-corrected chi connectivity index (χ3v) is 6.85. The van der Waals surface area contributed by atoms with Crippen LogP contribution in [0.3, 0.4) is 0 Å². The molecule has 0 aromatic rings. The third kappa shape index (κ3) is 2.20. The highest BCUT2D eigenvalue weighted by Crippen LogP contribution is 2.57. The molecule has 0 aromatic carbocycles. The highest BCUT2D eigenvalue weighted by atomic mass is 14.5. The maximum Gasteiger partial charge on any atom is -0.0107 e. The van der Waals surface area contributed by atoms with Crippen molar-refractivity contribution in [2.75, 3.05) is 0 Å². The van der Waals surface area contributed by atoms with Crippen LogP contribution in [-0.2, 0) is 0 Å². The summed E-state index contributed by atoms with van der Waals surface area (Å²) in [4.78, 5) is 0. The average molecular weight is 272 g/mol. The quantitative estimate of drug-likeness (QED) is 0.503. The molecule has 0 saturated heterocycles. The molecule has 0 nitrogen and oxygen atoms in total. The van der Waals surface area contributed by atoms with Gasteiger partial charge in [-0.1, -0.05) is 51.0 Å². The lowest BCUT2D eigenvalue weighted by Crippen LogP contribution is -2.28. The number of rotatable bonds is 1. The summed E-state index contributed by atoms with van der Waals surface area (Å²) >= 11 is 0. The van der Waals surface area contributed by atoms with Crippen LogP contribution in [0.1, 0.15) is 72.6 Å². The van der Waals surface area contributed by atoms with Crippen LogP contribution in [0.4, 0.5) is 0 Å². The lowest BCUT2D eigenvalue weighted by Gasteiger charge is -2.39. The largest absolute Gasteiger partial charge is 0.0996 e. The zero-order valence-corrected chi connectivity index (χ0v) is 14.0. The van der Waals surface area contributed by atoms with E-state index in [9.17, 15) is 0 Å². The first-order valence-electron chi connectivity index (χ1n) is 8.82. The molecular weight excluding hydrogens is 240 g/mol. The monoisotopic (exact) mass is 272 g/mol. The number of hydrogen-bond acceptors (Lipinski definition) is 0. The predicted octanol–water partition coefficient (Wildman–Crippen LogP) is 6.14. The van der Waals surface area contributed by atoms with Crippen LogP contribution >= 0.6 is 0 Å². The zero-order chi connectivity index (χ0) is 14.5. The Morgan fingerprint density at radius 3 is 2.60 bits per heavy atom. The second-order valence-electron chi connectivity index (χ2n) is 8.41. The normalized spacial score (nSPS) is 41.6. The minimum atomic E-state index is 0.516. The van der Waals surface area contributed by atoms with Gasteiger partial charge in [0.1, 0.15) is 0 Å². The van der Waals surface area contributed by atoms with Gasteiger partial charge in [-0.15, -0.1) is 0 Å². The summed E-state index contributed by atoms with van der Waals surface area (Å²) < 4.78 is 0. The Balaban J connectivity index is 1.96. The molecule has 0 aliphatic heterocycles. The van der Waals surface area contributed by atoms with E-state index in [1.165, 1.54) is 44.9 Å². The molecule has 0 bridgehead atoms. The molecule has 112 valence electrons. The van der Waals surface area contributed by atoms with E-state index >= 15 is 0 Å². The molecule has 0 unspecified atom stereocenters. The van der Waals surface area contributed by atoms with Crippen LogP contribution in [0.15, 0.2) is 23.3 Å². The first kappa shape index (κ1) is 14.4. The zero-order valence-electron chi connectivity index (χ0n) is 14.0. The summed E-state index contributed by atoms with van der Waals surface area (Å²) in [5.74, 6) is 3.41. The molecule has 4 atom stereocenters. The van der Waals surface area contributed by atoms with Crippen LogP contribution in [0.5, 0.6) is 0 Å². The molecule has 20 heavy (non-hydrogen) atoms. The Morgan fingerprint density at radius 2 is 1.90 bits per heavy atom. The Labute approximate surface area is 125 Å². The summed E-state index contributed by atoms with van der Waals surface area (Å²) in [5, 5.41) is 0. The molecule has 0 heteroatoms. The Kier molecular flexibility index (Phi) is 3.63. The van der Waals surface area contributed by atoms with Crippen molar-refractivity contribution in [1.29, 1.82) is 0 Å². The fraction of sp³-hybridized carbons (Fsp3) is 0.800. The molecule has 0 aromatic heterocycles. The fourth-order valence-corrected chi connectivity index (χ4v) is 5.53. The third-order valence-electron chi connectivity index (χ3n) is 6.85. The maximum absolute atomic E-state index is 4.48. The standard InChI is InChI=1S/C20H32/c1-13(2)16-10-11-20(5)12-18-15(4)6-8-17(18)14(3)7-9-19(16)20/h13,15,17-18H,3,6-12H2,1-2,4-5H3/t15-,17+,18-,20+/m1/s1. The van der Waals surface area contributed by atoms with Crippen molar-refractivity contribution in [3.63, 3.8) is 0 Å². The predicted molar refractivity (Wildman–Crippen MR) is 87.6 cm³/mol. The average Bonchev–Trinajstić information content (AvgIpc) is 2.88. The van der Waals surface area contributed by atoms with E-state index in [0.717, 1.165) is 23.7 Å². The van der Waals surface area contributed by atoms with Gasteiger partial charge in [-0.25, -0.2) is 0 Å². The van der Waals surface area contributed by atoms with Crippen LogP contribution in [-0.4, -0.2) is 0 Å². The van der Waals surface area contributed by atoms with E-state index in [1.807, 2.05) is 5.57 Å². The van der Waals surface area contributed by atoms with Crippen LogP contribution in [0.25, 0.3) is 0 Å². The topological polar surface area (TPSA) is 0 Å². The molecular formula is C20H32. The van der Waals surface area contributed by atoms with Crippen molar-refractivity contribution >= 4 is 0 Å². The van der Waals surface area contributed by atoms with E-state index in [4.69, 9.17) is 0 Å². The van der Waals surface area contributed by atoms with E-state index < -0.39 is 0 Å². The van der Waals surface area contributed by atoms with Crippen LogP contribution < -0.4 is 0 Å². The van der Waals surface area contributed by atoms with Crippen molar-refractivity contribution in [3.8, 4) is 0 Å². The van der Waals surface area contributed by atoms with Crippen molar-refractivity contribution in [3.05, 3.63) is 23.3 Å². The molecule has 0 spiro atoms. The van der Waals surface area contributed by atoms with Gasteiger partial charge in [0.05, 0.1) is 0 Å². The van der Waals surface area contributed by atoms with Gasteiger partial charge in [0.2, 0.25) is 0 Å². The van der Waals surface area contributed by atoms with E-state index in [2.05, 4.69) is 34.3 Å². The maximum atomic E-state index is 4.48. The van der Waals surface area contributed by atoms with Crippen molar-refractivity contribution in [2.24, 2.45) is 29.1 Å². The molecule has 3 rings (SSSR count). The SMILES string of the molecule is C=C1CCC2=C(C(C)C)CC[C@@]2(C)C[C@@H]2[C@H](C)CC[C@@H]12. The second kappa shape index (κ2) is 5.04. The molecule has 0 radical (unpaired) electrons. The summed E-state index contributed by atoms with van der Waals surface area (Å²) in [5.41, 5.74) is 5.72. The Morgan fingerprint density at radius 1 is 1.15 bits per heavy atom. The van der Waals surface area contributed by atoms with E-state index in [-0.39, 0.29) is 0 Å². The summed E-state index contributed by atoms with van der Waals surface area (Å²) in [6, 6.07) is 0. The van der Waals surface area contributed by atoms with Crippen LogP contribution in [0, 0.1) is 29.1 Å². The molecule has 2 saturated carbocycles. The highest BCUT2D eigenvalue weighted by Gasteiger charge is 2.45. The first-order chi connectivity index (χ1) is 9.42. The first-order valence-corrected chi connectivity index (χ1v) is 8.82. The highest BCUT2D eigenvalue weighted by molar-refractivity contribution is 5.31. The van der Waals surface area contributed by atoms with Gasteiger partial charge < -0.3 is 0 Å². The van der Waals surface area contributed by atoms with Gasteiger partial charge in [-0.3, -0.25) is 0 Å². The van der Waals surface area contributed by atoms with Gasteiger partial charge in [-0.2, -0.15) is 0 Å². The van der Waals surface area contributed by atoms with Crippen molar-refractivity contribution in [1.82, 2.24) is 0 Å². The van der Waals surface area contributed by atoms with Gasteiger partial charge in [-0.05, 0) is 74.0 Å². The molecule has 0 N–H and O–H groups in total. The van der Waals surface area contributed by atoms with Gasteiger partial charge in [0.25, 0.3) is 0 Å². The van der Waals surface area contributed by atoms with Crippen molar-refractivity contribution < 1.29 is 0 Å². The second-order valence-corrected chi connectivity index (χ2v) is 8.41. The number of allylic oxidation sites excluding steroid dienone is 3. The lowest BCUT2D eigenvalue weighted by atomic mass is 9.66. The minimum Gasteiger partial charge on any atom is -0.0996 e. The number of hydrogen-bond donors (Lipinski definition) is 0. The summed E-state index contributed by atoms with van der Waals surface area (Å²) in [7, 11) is 0. The van der Waals surface area contributed by atoms with E-state index in [1.54, 1.807) is 11.1 Å². The van der Waals surface area contributed by atoms with Gasteiger partial charge >= 0.3 is 0 Å². The molecule has 0 heterocycles. The minimum absolute atomic E-state index is 0.516. The lowest BCUT2D eigenvalue weighted by molar-refractivity contribution is 0.210. The number of fused-ring (bicyclic) bond motifs is 2. The Bertz CT molecular complexity index is 439. The van der Waals surface area contributed by atoms with E-state index in [0.29, 0.717) is 5.41 Å². The molecule has 2 fully saturated rings. The molecule has 0 amide bonds. The van der Waals surface area contributed by atoms with Gasteiger partial charge in [0, 0.05) is 0 Å². The fourth-order valence-electron chi connectivity index (χ4n) is 5.53. The van der Waals surface area contributed by atoms with Crippen LogP contribution in [0.2, 0.25) is 0 Å². The Hall–Kier alpha value is -0.520. The van der Waals surface area contributed by atoms with Crippen molar-refractivity contribution in [2.45, 2.75) is 72.6 Å².